The van der Waals surface area contributed by atoms with Crippen LogP contribution in [0.15, 0.2) is 40.7 Å². The summed E-state index contributed by atoms with van der Waals surface area (Å²) in [6.07, 6.45) is 4.49. The Morgan fingerprint density at radius 2 is 1.88 bits per heavy atom. The molecule has 0 spiro atoms. The lowest BCUT2D eigenvalue weighted by molar-refractivity contribution is -0.122. The van der Waals surface area contributed by atoms with E-state index in [1.807, 2.05) is 37.3 Å². The fourth-order valence-corrected chi connectivity index (χ4v) is 6.92. The quantitative estimate of drug-likeness (QED) is 0.358. The molecule has 6 nitrogen and oxygen atoms in total. The zero-order valence-corrected chi connectivity index (χ0v) is 20.9. The standard InChI is InChI=1S/C26H27N3O3S2/c1-3-16-8-6-7-15(2)23(16)28-22(30)14-33-26-27-20-12-11-17(13-21(20)34-26)29-24(31)18-9-4-5-10-19(18)25(29)32/h6-8,11-13,18-19H,3-5,9-10,14H2,1-2H3,(H,28,30)/t18-,19-/m1/s1. The Hall–Kier alpha value is -2.71. The second kappa shape index (κ2) is 9.50. The molecule has 1 saturated carbocycles. The number of hydrogen-bond donors (Lipinski definition) is 1. The zero-order valence-electron chi connectivity index (χ0n) is 19.3. The number of thiazole rings is 1. The third kappa shape index (κ3) is 4.25. The zero-order chi connectivity index (χ0) is 23.8. The van der Waals surface area contributed by atoms with Crippen molar-refractivity contribution in [3.63, 3.8) is 0 Å². The van der Waals surface area contributed by atoms with Crippen LogP contribution in [0.5, 0.6) is 0 Å². The van der Waals surface area contributed by atoms with Crippen molar-refractivity contribution >= 4 is 62.4 Å². The van der Waals surface area contributed by atoms with Gasteiger partial charge in [0.15, 0.2) is 4.34 Å². The maximum atomic E-state index is 12.9. The summed E-state index contributed by atoms with van der Waals surface area (Å²) in [4.78, 5) is 44.5. The lowest BCUT2D eigenvalue weighted by Gasteiger charge is -2.19. The first-order chi connectivity index (χ1) is 16.5. The average molecular weight is 494 g/mol. The fraction of sp³-hybridized carbons (Fsp3) is 0.385. The number of aromatic nitrogens is 1. The molecule has 2 aromatic carbocycles. The summed E-state index contributed by atoms with van der Waals surface area (Å²) >= 11 is 2.88. The van der Waals surface area contributed by atoms with Gasteiger partial charge in [0.05, 0.1) is 33.5 Å². The molecule has 8 heteroatoms. The molecule has 1 aliphatic heterocycles. The number of thioether (sulfide) groups is 1. The molecule has 1 saturated heterocycles. The number of nitrogens with one attached hydrogen (secondary N) is 1. The molecular weight excluding hydrogens is 466 g/mol. The van der Waals surface area contributed by atoms with Gasteiger partial charge in [-0.25, -0.2) is 4.98 Å². The summed E-state index contributed by atoms with van der Waals surface area (Å²) in [5, 5.41) is 3.05. The number of rotatable bonds is 6. The molecule has 5 rings (SSSR count). The summed E-state index contributed by atoms with van der Waals surface area (Å²) in [5.41, 5.74) is 4.50. The number of para-hydroxylation sites is 1. The van der Waals surface area contributed by atoms with Crippen LogP contribution in [0.3, 0.4) is 0 Å². The molecule has 2 fully saturated rings. The van der Waals surface area contributed by atoms with E-state index in [0.29, 0.717) is 5.69 Å². The molecule has 0 bridgehead atoms. The highest BCUT2D eigenvalue weighted by atomic mass is 32.2. The summed E-state index contributed by atoms with van der Waals surface area (Å²) < 4.78 is 1.69. The number of carbonyl (C=O) groups is 3. The Bertz CT molecular complexity index is 1260. The molecule has 1 aliphatic carbocycles. The minimum atomic E-state index is -0.162. The van der Waals surface area contributed by atoms with Gasteiger partial charge in [0, 0.05) is 5.69 Å². The Morgan fingerprint density at radius 1 is 1.15 bits per heavy atom. The van der Waals surface area contributed by atoms with E-state index in [9.17, 15) is 14.4 Å². The number of nitrogens with zero attached hydrogens (tertiary/aromatic N) is 2. The van der Waals surface area contributed by atoms with E-state index in [1.54, 1.807) is 6.07 Å². The molecule has 3 amide bonds. The molecule has 2 heterocycles. The minimum absolute atomic E-state index is 0.0625. The molecule has 3 aromatic rings. The molecule has 2 aliphatic rings. The van der Waals surface area contributed by atoms with Gasteiger partial charge in [0.25, 0.3) is 0 Å². The van der Waals surface area contributed by atoms with Crippen LogP contribution in [0.25, 0.3) is 10.2 Å². The van der Waals surface area contributed by atoms with E-state index in [1.165, 1.54) is 28.0 Å². The van der Waals surface area contributed by atoms with Crippen molar-refractivity contribution in [2.75, 3.05) is 16.0 Å². The van der Waals surface area contributed by atoms with Gasteiger partial charge in [-0.05, 0) is 55.5 Å². The second-order valence-corrected chi connectivity index (χ2v) is 11.2. The van der Waals surface area contributed by atoms with E-state index >= 15 is 0 Å². The van der Waals surface area contributed by atoms with Crippen molar-refractivity contribution in [2.45, 2.75) is 50.3 Å². The second-order valence-electron chi connectivity index (χ2n) is 8.94. The third-order valence-electron chi connectivity index (χ3n) is 6.78. The number of imide groups is 1. The third-order valence-corrected chi connectivity index (χ3v) is 8.94. The Balaban J connectivity index is 1.29. The first-order valence-corrected chi connectivity index (χ1v) is 13.6. The van der Waals surface area contributed by atoms with Crippen LogP contribution >= 0.6 is 23.1 Å². The van der Waals surface area contributed by atoms with Crippen LogP contribution < -0.4 is 10.2 Å². The molecule has 0 unspecified atom stereocenters. The van der Waals surface area contributed by atoms with Gasteiger partial charge < -0.3 is 5.32 Å². The molecule has 2 atom stereocenters. The van der Waals surface area contributed by atoms with Crippen LogP contribution in [-0.4, -0.2) is 28.5 Å². The summed E-state index contributed by atoms with van der Waals surface area (Å²) in [5.74, 6) is -0.254. The summed E-state index contributed by atoms with van der Waals surface area (Å²) in [6.45, 7) is 4.07. The first kappa shape index (κ1) is 23.1. The van der Waals surface area contributed by atoms with E-state index in [4.69, 9.17) is 0 Å². The lowest BCUT2D eigenvalue weighted by atomic mass is 9.81. The number of anilines is 2. The number of aryl methyl sites for hydroxylation is 2. The SMILES string of the molecule is CCc1cccc(C)c1NC(=O)CSc1nc2ccc(N3C(=O)[C@@H]4CCCC[C@H]4C3=O)cc2s1. The van der Waals surface area contributed by atoms with Crippen molar-refractivity contribution < 1.29 is 14.4 Å². The molecule has 0 radical (unpaired) electrons. The van der Waals surface area contributed by atoms with Gasteiger partial charge in [-0.2, -0.15) is 0 Å². The topological polar surface area (TPSA) is 79.4 Å². The van der Waals surface area contributed by atoms with Crippen LogP contribution in [0.4, 0.5) is 11.4 Å². The van der Waals surface area contributed by atoms with Crippen LogP contribution in [0.2, 0.25) is 0 Å². The molecule has 1 N–H and O–H groups in total. The highest BCUT2D eigenvalue weighted by molar-refractivity contribution is 8.01. The van der Waals surface area contributed by atoms with Crippen molar-refractivity contribution in [3.05, 3.63) is 47.5 Å². The maximum Gasteiger partial charge on any atom is 0.237 e. The van der Waals surface area contributed by atoms with E-state index in [0.717, 1.165) is 63.5 Å². The Kier molecular flexibility index (Phi) is 6.44. The van der Waals surface area contributed by atoms with Crippen LogP contribution in [-0.2, 0) is 20.8 Å². The highest BCUT2D eigenvalue weighted by Crippen LogP contribution is 2.41. The molecule has 1 aromatic heterocycles. The number of fused-ring (bicyclic) bond motifs is 2. The highest BCUT2D eigenvalue weighted by Gasteiger charge is 2.48. The first-order valence-electron chi connectivity index (χ1n) is 11.8. The lowest BCUT2D eigenvalue weighted by Crippen LogP contribution is -2.30. The normalized spacial score (nSPS) is 20.1. The monoisotopic (exact) mass is 493 g/mol. The van der Waals surface area contributed by atoms with E-state index in [2.05, 4.69) is 17.2 Å². The summed E-state index contributed by atoms with van der Waals surface area (Å²) in [7, 11) is 0. The fourth-order valence-electron chi connectivity index (χ4n) is 5.01. The molecule has 176 valence electrons. The predicted molar refractivity (Wildman–Crippen MR) is 137 cm³/mol. The van der Waals surface area contributed by atoms with Crippen molar-refractivity contribution in [2.24, 2.45) is 11.8 Å². The Labute approximate surface area is 207 Å². The van der Waals surface area contributed by atoms with Crippen LogP contribution in [0, 0.1) is 18.8 Å². The van der Waals surface area contributed by atoms with E-state index in [-0.39, 0.29) is 35.3 Å². The van der Waals surface area contributed by atoms with Gasteiger partial charge in [-0.15, -0.1) is 11.3 Å². The number of carbonyl (C=O) groups excluding carboxylic acids is 3. The van der Waals surface area contributed by atoms with Crippen molar-refractivity contribution in [1.82, 2.24) is 4.98 Å². The minimum Gasteiger partial charge on any atom is -0.325 e. The molecular formula is C26H27N3O3S2. The smallest absolute Gasteiger partial charge is 0.237 e. The maximum absolute atomic E-state index is 12.9. The van der Waals surface area contributed by atoms with Crippen molar-refractivity contribution in [1.29, 1.82) is 0 Å². The van der Waals surface area contributed by atoms with Crippen LogP contribution in [0.1, 0.15) is 43.7 Å². The number of hydrogen-bond acceptors (Lipinski definition) is 6. The van der Waals surface area contributed by atoms with Gasteiger partial charge in [-0.3, -0.25) is 19.3 Å². The van der Waals surface area contributed by atoms with Gasteiger partial charge in [-0.1, -0.05) is 49.7 Å². The average Bonchev–Trinajstić information content (AvgIpc) is 3.36. The number of amides is 3. The van der Waals surface area contributed by atoms with Gasteiger partial charge in [0.2, 0.25) is 17.7 Å². The predicted octanol–water partition coefficient (Wildman–Crippen LogP) is 5.58. The van der Waals surface area contributed by atoms with Gasteiger partial charge >= 0.3 is 0 Å². The van der Waals surface area contributed by atoms with Gasteiger partial charge in [0.1, 0.15) is 0 Å². The summed E-state index contributed by atoms with van der Waals surface area (Å²) in [6, 6.07) is 11.6. The molecule has 34 heavy (non-hydrogen) atoms. The van der Waals surface area contributed by atoms with Crippen molar-refractivity contribution in [3.8, 4) is 0 Å². The number of benzene rings is 2. The largest absolute Gasteiger partial charge is 0.325 e. The Morgan fingerprint density at radius 3 is 2.59 bits per heavy atom. The van der Waals surface area contributed by atoms with E-state index < -0.39 is 0 Å².